The molecule has 1 rings (SSSR count). The predicted molar refractivity (Wildman–Crippen MR) is 74.2 cm³/mol. The first-order valence-corrected chi connectivity index (χ1v) is 6.73. The first-order chi connectivity index (χ1) is 9.28. The van der Waals surface area contributed by atoms with E-state index < -0.39 is 18.6 Å². The maximum Gasteiger partial charge on any atom is 0.390 e. The monoisotopic (exact) mass is 289 g/mol. The molecule has 1 atom stereocenters. The van der Waals surface area contributed by atoms with E-state index in [9.17, 15) is 13.2 Å². The topological polar surface area (TPSA) is 21.3 Å². The van der Waals surface area contributed by atoms with E-state index in [1.807, 2.05) is 26.8 Å². The van der Waals surface area contributed by atoms with Crippen molar-refractivity contribution in [2.75, 3.05) is 13.7 Å². The summed E-state index contributed by atoms with van der Waals surface area (Å²) in [7, 11) is 1.49. The lowest BCUT2D eigenvalue weighted by Crippen LogP contribution is -2.28. The Morgan fingerprint density at radius 3 is 2.40 bits per heavy atom. The van der Waals surface area contributed by atoms with E-state index in [-0.39, 0.29) is 0 Å². The van der Waals surface area contributed by atoms with E-state index in [1.54, 1.807) is 6.07 Å². The van der Waals surface area contributed by atoms with E-state index in [2.05, 4.69) is 5.32 Å². The van der Waals surface area contributed by atoms with Crippen LogP contribution >= 0.6 is 0 Å². The molecule has 0 aliphatic heterocycles. The van der Waals surface area contributed by atoms with Crippen molar-refractivity contribution in [2.24, 2.45) is 0 Å². The standard InChI is InChI=1S/C15H22F3NO/c1-5-6-19-12(9-15(16,17)18)14-11(3)7-10(2)8-13(14)20-4/h7-8,12,19H,5-6,9H2,1-4H3. The molecule has 1 N–H and O–H groups in total. The molecule has 0 spiro atoms. The van der Waals surface area contributed by atoms with Crippen LogP contribution in [0.5, 0.6) is 5.75 Å². The zero-order valence-electron chi connectivity index (χ0n) is 12.4. The van der Waals surface area contributed by atoms with Crippen molar-refractivity contribution < 1.29 is 17.9 Å². The molecule has 0 heterocycles. The van der Waals surface area contributed by atoms with Gasteiger partial charge in [0.15, 0.2) is 0 Å². The van der Waals surface area contributed by atoms with Gasteiger partial charge < -0.3 is 10.1 Å². The Morgan fingerprint density at radius 1 is 1.25 bits per heavy atom. The molecule has 0 aliphatic carbocycles. The summed E-state index contributed by atoms with van der Waals surface area (Å²) in [6.45, 7) is 6.19. The molecule has 2 nitrogen and oxygen atoms in total. The van der Waals surface area contributed by atoms with Gasteiger partial charge in [0, 0.05) is 11.6 Å². The zero-order chi connectivity index (χ0) is 15.3. The van der Waals surface area contributed by atoms with E-state index in [4.69, 9.17) is 4.74 Å². The van der Waals surface area contributed by atoms with Crippen molar-refractivity contribution in [2.45, 2.75) is 45.8 Å². The Labute approximate surface area is 118 Å². The Morgan fingerprint density at radius 2 is 1.90 bits per heavy atom. The largest absolute Gasteiger partial charge is 0.496 e. The first-order valence-electron chi connectivity index (χ1n) is 6.73. The molecule has 114 valence electrons. The molecule has 0 aliphatic rings. The lowest BCUT2D eigenvalue weighted by Gasteiger charge is -2.24. The van der Waals surface area contributed by atoms with Gasteiger partial charge >= 0.3 is 6.18 Å². The SMILES string of the molecule is CCCNC(CC(F)(F)F)c1c(C)cc(C)cc1OC. The van der Waals surface area contributed by atoms with Crippen LogP contribution < -0.4 is 10.1 Å². The Hall–Kier alpha value is -1.23. The van der Waals surface area contributed by atoms with Gasteiger partial charge in [0.2, 0.25) is 0 Å². The predicted octanol–water partition coefficient (Wildman–Crippen LogP) is 4.31. The molecule has 0 fully saturated rings. The van der Waals surface area contributed by atoms with E-state index in [0.717, 1.165) is 17.5 Å². The average Bonchev–Trinajstić information content (AvgIpc) is 2.32. The second-order valence-electron chi connectivity index (χ2n) is 5.02. The number of methoxy groups -OCH3 is 1. The van der Waals surface area contributed by atoms with Crippen LogP contribution in [-0.2, 0) is 0 Å². The van der Waals surface area contributed by atoms with Crippen molar-refractivity contribution in [1.82, 2.24) is 5.32 Å². The van der Waals surface area contributed by atoms with Crippen molar-refractivity contribution in [1.29, 1.82) is 0 Å². The molecule has 1 aromatic rings. The number of alkyl halides is 3. The summed E-state index contributed by atoms with van der Waals surface area (Å²) in [5.74, 6) is 0.514. The third-order valence-electron chi connectivity index (χ3n) is 3.14. The fraction of sp³-hybridized carbons (Fsp3) is 0.600. The Balaban J connectivity index is 3.18. The van der Waals surface area contributed by atoms with Crippen LogP contribution in [0.25, 0.3) is 0 Å². The molecule has 0 saturated carbocycles. The van der Waals surface area contributed by atoms with Crippen molar-refractivity contribution >= 4 is 0 Å². The summed E-state index contributed by atoms with van der Waals surface area (Å²) < 4.78 is 43.6. The lowest BCUT2D eigenvalue weighted by molar-refractivity contribution is -0.140. The fourth-order valence-electron chi connectivity index (χ4n) is 2.38. The molecule has 20 heavy (non-hydrogen) atoms. The van der Waals surface area contributed by atoms with Crippen LogP contribution in [-0.4, -0.2) is 19.8 Å². The molecule has 0 bridgehead atoms. The number of aryl methyl sites for hydroxylation is 2. The first kappa shape index (κ1) is 16.8. The van der Waals surface area contributed by atoms with Gasteiger partial charge in [-0.25, -0.2) is 0 Å². The highest BCUT2D eigenvalue weighted by Crippen LogP contribution is 2.36. The third-order valence-corrected chi connectivity index (χ3v) is 3.14. The van der Waals surface area contributed by atoms with Crippen LogP contribution in [0.1, 0.15) is 42.5 Å². The minimum absolute atomic E-state index is 0.514. The smallest absolute Gasteiger partial charge is 0.390 e. The van der Waals surface area contributed by atoms with Crippen molar-refractivity contribution in [3.05, 3.63) is 28.8 Å². The van der Waals surface area contributed by atoms with Gasteiger partial charge in [-0.2, -0.15) is 13.2 Å². The second-order valence-corrected chi connectivity index (χ2v) is 5.02. The van der Waals surface area contributed by atoms with Gasteiger partial charge in [-0.3, -0.25) is 0 Å². The number of ether oxygens (including phenoxy) is 1. The van der Waals surface area contributed by atoms with E-state index in [0.29, 0.717) is 17.9 Å². The number of hydrogen-bond acceptors (Lipinski definition) is 2. The van der Waals surface area contributed by atoms with Crippen LogP contribution in [0.2, 0.25) is 0 Å². The lowest BCUT2D eigenvalue weighted by atomic mass is 9.95. The van der Waals surface area contributed by atoms with Crippen LogP contribution in [0.3, 0.4) is 0 Å². The molecule has 0 saturated heterocycles. The zero-order valence-corrected chi connectivity index (χ0v) is 12.4. The minimum Gasteiger partial charge on any atom is -0.496 e. The molecule has 0 radical (unpaired) electrons. The number of rotatable bonds is 6. The van der Waals surface area contributed by atoms with E-state index in [1.165, 1.54) is 7.11 Å². The second kappa shape index (κ2) is 6.97. The highest BCUT2D eigenvalue weighted by molar-refractivity contribution is 5.45. The Kier molecular flexibility index (Phi) is 5.87. The number of nitrogens with one attached hydrogen (secondary N) is 1. The van der Waals surface area contributed by atoms with Gasteiger partial charge in [0.1, 0.15) is 5.75 Å². The molecule has 1 unspecified atom stereocenters. The maximum atomic E-state index is 12.8. The summed E-state index contributed by atoms with van der Waals surface area (Å²) in [5, 5.41) is 2.98. The number of benzene rings is 1. The van der Waals surface area contributed by atoms with Crippen LogP contribution in [0.4, 0.5) is 13.2 Å². The van der Waals surface area contributed by atoms with Crippen molar-refractivity contribution in [3.63, 3.8) is 0 Å². The highest BCUT2D eigenvalue weighted by atomic mass is 19.4. The molecule has 0 amide bonds. The van der Waals surface area contributed by atoms with Gasteiger partial charge in [-0.1, -0.05) is 13.0 Å². The molecule has 5 heteroatoms. The molecular weight excluding hydrogens is 267 g/mol. The Bertz CT molecular complexity index is 443. The van der Waals surface area contributed by atoms with Crippen molar-refractivity contribution in [3.8, 4) is 5.75 Å². The average molecular weight is 289 g/mol. The highest BCUT2D eigenvalue weighted by Gasteiger charge is 2.34. The van der Waals surface area contributed by atoms with Crippen LogP contribution in [0.15, 0.2) is 12.1 Å². The molecular formula is C15H22F3NO. The summed E-state index contributed by atoms with van der Waals surface area (Å²) in [5.41, 5.74) is 2.40. The van der Waals surface area contributed by atoms with Gasteiger partial charge in [-0.05, 0) is 44.0 Å². The van der Waals surface area contributed by atoms with Gasteiger partial charge in [0.25, 0.3) is 0 Å². The third kappa shape index (κ3) is 4.71. The number of hydrogen-bond donors (Lipinski definition) is 1. The van der Waals surface area contributed by atoms with Gasteiger partial charge in [0.05, 0.1) is 13.5 Å². The minimum atomic E-state index is -4.21. The molecule has 0 aromatic heterocycles. The maximum absolute atomic E-state index is 12.8. The summed E-state index contributed by atoms with van der Waals surface area (Å²) in [6.07, 6.45) is -4.33. The molecule has 1 aromatic carbocycles. The van der Waals surface area contributed by atoms with Crippen LogP contribution in [0, 0.1) is 13.8 Å². The normalized spacial score (nSPS) is 13.3. The summed E-state index contributed by atoms with van der Waals surface area (Å²) >= 11 is 0. The summed E-state index contributed by atoms with van der Waals surface area (Å²) in [4.78, 5) is 0. The van der Waals surface area contributed by atoms with Gasteiger partial charge in [-0.15, -0.1) is 0 Å². The summed E-state index contributed by atoms with van der Waals surface area (Å²) in [6, 6.07) is 2.89. The van der Waals surface area contributed by atoms with E-state index >= 15 is 0 Å². The fourth-order valence-corrected chi connectivity index (χ4v) is 2.38. The quantitative estimate of drug-likeness (QED) is 0.842. The number of halogens is 3.